The monoisotopic (exact) mass is 214 g/mol. The highest BCUT2D eigenvalue weighted by molar-refractivity contribution is 5.80. The minimum atomic E-state index is -0.220. The van der Waals surface area contributed by atoms with E-state index in [9.17, 15) is 4.79 Å². The molecule has 0 saturated heterocycles. The molecule has 1 N–H and O–H groups in total. The number of benzene rings is 1. The molecular weight excluding hydrogens is 204 g/mol. The highest BCUT2D eigenvalue weighted by Crippen LogP contribution is 2.18. The summed E-state index contributed by atoms with van der Waals surface area (Å²) in [6, 6.07) is 9.13. The van der Waals surface area contributed by atoms with Crippen molar-refractivity contribution in [1.82, 2.24) is 4.98 Å². The zero-order chi connectivity index (χ0) is 11.5. The molecule has 2 aromatic rings. The van der Waals surface area contributed by atoms with E-state index in [2.05, 4.69) is 4.98 Å². The summed E-state index contributed by atoms with van der Waals surface area (Å²) in [7, 11) is 1.57. The average molecular weight is 214 g/mol. The minimum Gasteiger partial charge on any atom is -0.497 e. The fraction of sp³-hybridized carbons (Fsp3) is 0.167. The molecule has 0 radical (unpaired) electrons. The molecule has 0 fully saturated rings. The third kappa shape index (κ3) is 1.75. The second-order valence-electron chi connectivity index (χ2n) is 3.41. The molecule has 4 heteroatoms. The molecule has 4 nitrogen and oxygen atoms in total. The highest BCUT2D eigenvalue weighted by atomic mass is 16.5. The fourth-order valence-electron chi connectivity index (χ4n) is 1.57. The maximum absolute atomic E-state index is 11.6. The van der Waals surface area contributed by atoms with Gasteiger partial charge in [0.2, 0.25) is 0 Å². The number of rotatable bonds is 2. The summed E-state index contributed by atoms with van der Waals surface area (Å²) in [5.41, 5.74) is 0.980. The van der Waals surface area contributed by atoms with Crippen LogP contribution in [0.15, 0.2) is 29.1 Å². The molecule has 0 bridgehead atoms. The van der Waals surface area contributed by atoms with Crippen LogP contribution in [-0.2, 0) is 6.42 Å². The molecule has 80 valence electrons. The highest BCUT2D eigenvalue weighted by Gasteiger charge is 2.03. The Morgan fingerprint density at radius 3 is 2.94 bits per heavy atom. The predicted molar refractivity (Wildman–Crippen MR) is 60.4 cm³/mol. The van der Waals surface area contributed by atoms with Gasteiger partial charge in [-0.3, -0.25) is 4.79 Å². The number of fused-ring (bicyclic) bond motifs is 1. The lowest BCUT2D eigenvalue weighted by Gasteiger charge is -2.03. The van der Waals surface area contributed by atoms with Crippen molar-refractivity contribution in [2.45, 2.75) is 6.42 Å². The van der Waals surface area contributed by atoms with E-state index < -0.39 is 0 Å². The third-order valence-electron chi connectivity index (χ3n) is 2.40. The predicted octanol–water partition coefficient (Wildman–Crippen LogP) is 1.60. The van der Waals surface area contributed by atoms with Gasteiger partial charge in [-0.05, 0) is 23.6 Å². The van der Waals surface area contributed by atoms with E-state index in [1.807, 2.05) is 18.2 Å². The van der Waals surface area contributed by atoms with Crippen molar-refractivity contribution in [3.8, 4) is 11.8 Å². The molecule has 16 heavy (non-hydrogen) atoms. The quantitative estimate of drug-likeness (QED) is 0.825. The number of ether oxygens (including phenoxy) is 1. The maximum Gasteiger partial charge on any atom is 0.252 e. The van der Waals surface area contributed by atoms with Gasteiger partial charge >= 0.3 is 0 Å². The van der Waals surface area contributed by atoms with Crippen molar-refractivity contribution in [1.29, 1.82) is 5.26 Å². The van der Waals surface area contributed by atoms with Crippen molar-refractivity contribution >= 4 is 10.9 Å². The molecule has 0 unspecified atom stereocenters. The number of aromatic nitrogens is 1. The van der Waals surface area contributed by atoms with Crippen LogP contribution in [0, 0.1) is 11.3 Å². The normalized spacial score (nSPS) is 10.0. The number of nitrogens with one attached hydrogen (secondary N) is 1. The van der Waals surface area contributed by atoms with Gasteiger partial charge in [0, 0.05) is 11.6 Å². The van der Waals surface area contributed by atoms with Gasteiger partial charge in [-0.15, -0.1) is 0 Å². The van der Waals surface area contributed by atoms with Crippen LogP contribution >= 0.6 is 0 Å². The lowest BCUT2D eigenvalue weighted by molar-refractivity contribution is 0.415. The Morgan fingerprint density at radius 2 is 2.25 bits per heavy atom. The topological polar surface area (TPSA) is 65.9 Å². The molecule has 2 rings (SSSR count). The second-order valence-corrected chi connectivity index (χ2v) is 3.41. The number of hydrogen-bond donors (Lipinski definition) is 1. The van der Waals surface area contributed by atoms with Gasteiger partial charge in [0.15, 0.2) is 0 Å². The Bertz CT molecular complexity index is 623. The number of hydrogen-bond acceptors (Lipinski definition) is 3. The number of aromatic amines is 1. The van der Waals surface area contributed by atoms with Crippen molar-refractivity contribution in [2.75, 3.05) is 7.11 Å². The largest absolute Gasteiger partial charge is 0.497 e. The van der Waals surface area contributed by atoms with Crippen molar-refractivity contribution < 1.29 is 4.74 Å². The molecule has 0 saturated carbocycles. The van der Waals surface area contributed by atoms with Crippen LogP contribution in [-0.4, -0.2) is 12.1 Å². The van der Waals surface area contributed by atoms with Crippen molar-refractivity contribution in [3.05, 3.63) is 40.2 Å². The molecule has 0 atom stereocenters. The number of nitriles is 1. The first-order valence-corrected chi connectivity index (χ1v) is 4.81. The van der Waals surface area contributed by atoms with Gasteiger partial charge in [0.05, 0.1) is 25.1 Å². The number of methoxy groups -OCH3 is 1. The van der Waals surface area contributed by atoms with E-state index in [1.165, 1.54) is 0 Å². The van der Waals surface area contributed by atoms with Crippen LogP contribution in [0.25, 0.3) is 10.9 Å². The maximum atomic E-state index is 11.6. The summed E-state index contributed by atoms with van der Waals surface area (Å²) < 4.78 is 5.07. The molecule has 0 aliphatic rings. The third-order valence-corrected chi connectivity index (χ3v) is 2.40. The Hall–Kier alpha value is -2.28. The summed E-state index contributed by atoms with van der Waals surface area (Å²) in [6.07, 6.45) is 0.122. The van der Waals surface area contributed by atoms with Gasteiger partial charge in [-0.2, -0.15) is 5.26 Å². The standard InChI is InChI=1S/C12H10N2O2/c1-16-10-3-2-8-6-9(4-5-13)12(15)14-11(8)7-10/h2-3,6-7H,4H2,1H3,(H,14,15). The van der Waals surface area contributed by atoms with E-state index in [1.54, 1.807) is 19.2 Å². The molecule has 1 aromatic heterocycles. The number of H-pyrrole nitrogens is 1. The zero-order valence-electron chi connectivity index (χ0n) is 8.78. The molecule has 1 heterocycles. The van der Waals surface area contributed by atoms with Crippen LogP contribution in [0.5, 0.6) is 5.75 Å². The molecular formula is C12H10N2O2. The number of nitrogens with zero attached hydrogens (tertiary/aromatic N) is 1. The van der Waals surface area contributed by atoms with Crippen LogP contribution < -0.4 is 10.3 Å². The summed E-state index contributed by atoms with van der Waals surface area (Å²) in [5, 5.41) is 9.47. The summed E-state index contributed by atoms with van der Waals surface area (Å²) >= 11 is 0. The van der Waals surface area contributed by atoms with Gasteiger partial charge in [0.25, 0.3) is 5.56 Å². The Morgan fingerprint density at radius 1 is 1.44 bits per heavy atom. The minimum absolute atomic E-state index is 0.122. The van der Waals surface area contributed by atoms with E-state index in [0.717, 1.165) is 5.39 Å². The average Bonchev–Trinajstić information content (AvgIpc) is 2.30. The summed E-state index contributed by atoms with van der Waals surface area (Å²) in [4.78, 5) is 14.3. The lowest BCUT2D eigenvalue weighted by Crippen LogP contribution is -2.11. The first-order chi connectivity index (χ1) is 7.74. The van der Waals surface area contributed by atoms with E-state index >= 15 is 0 Å². The molecule has 0 spiro atoms. The first kappa shape index (κ1) is 10.2. The molecule has 0 amide bonds. The van der Waals surface area contributed by atoms with E-state index in [-0.39, 0.29) is 12.0 Å². The van der Waals surface area contributed by atoms with Crippen molar-refractivity contribution in [3.63, 3.8) is 0 Å². The zero-order valence-corrected chi connectivity index (χ0v) is 8.78. The van der Waals surface area contributed by atoms with Crippen LogP contribution in [0.1, 0.15) is 5.56 Å². The lowest BCUT2D eigenvalue weighted by atomic mass is 10.1. The van der Waals surface area contributed by atoms with Crippen LogP contribution in [0.2, 0.25) is 0 Å². The SMILES string of the molecule is COc1ccc2cc(CC#N)c(=O)[nH]c2c1. The molecule has 0 aliphatic carbocycles. The Labute approximate surface area is 92.1 Å². The summed E-state index contributed by atoms with van der Waals surface area (Å²) in [6.45, 7) is 0. The fourth-order valence-corrected chi connectivity index (χ4v) is 1.57. The Balaban J connectivity index is 2.65. The van der Waals surface area contributed by atoms with E-state index in [4.69, 9.17) is 10.00 Å². The Kier molecular flexibility index (Phi) is 2.61. The van der Waals surface area contributed by atoms with Crippen LogP contribution in [0.4, 0.5) is 0 Å². The van der Waals surface area contributed by atoms with Gasteiger partial charge < -0.3 is 9.72 Å². The van der Waals surface area contributed by atoms with E-state index in [0.29, 0.717) is 16.8 Å². The first-order valence-electron chi connectivity index (χ1n) is 4.81. The summed E-state index contributed by atoms with van der Waals surface area (Å²) in [5.74, 6) is 0.691. The van der Waals surface area contributed by atoms with Crippen LogP contribution in [0.3, 0.4) is 0 Å². The smallest absolute Gasteiger partial charge is 0.252 e. The van der Waals surface area contributed by atoms with Gasteiger partial charge in [-0.1, -0.05) is 0 Å². The van der Waals surface area contributed by atoms with Gasteiger partial charge in [-0.25, -0.2) is 0 Å². The molecule has 0 aliphatic heterocycles. The van der Waals surface area contributed by atoms with Gasteiger partial charge in [0.1, 0.15) is 5.75 Å². The second kappa shape index (κ2) is 4.07. The molecule has 1 aromatic carbocycles. The van der Waals surface area contributed by atoms with Crippen molar-refractivity contribution in [2.24, 2.45) is 0 Å². The number of pyridine rings is 1.